The first-order valence-corrected chi connectivity index (χ1v) is 11.0. The number of morpholine rings is 1. The second kappa shape index (κ2) is 9.20. The predicted octanol–water partition coefficient (Wildman–Crippen LogP) is 2.68. The van der Waals surface area contributed by atoms with E-state index in [9.17, 15) is 18.1 Å². The van der Waals surface area contributed by atoms with Crippen LogP contribution in [0.4, 0.5) is 15.9 Å². The molecule has 1 fully saturated rings. The first-order valence-electron chi connectivity index (χ1n) is 9.42. The molecule has 0 amide bonds. The maximum atomic E-state index is 13.2. The predicted molar refractivity (Wildman–Crippen MR) is 109 cm³/mol. The van der Waals surface area contributed by atoms with Crippen molar-refractivity contribution < 1.29 is 17.5 Å². The van der Waals surface area contributed by atoms with Gasteiger partial charge in [-0.15, -0.1) is 0 Å². The van der Waals surface area contributed by atoms with Crippen molar-refractivity contribution in [3.63, 3.8) is 0 Å². The molecule has 1 aliphatic rings. The summed E-state index contributed by atoms with van der Waals surface area (Å²) in [6.07, 6.45) is 1.93. The van der Waals surface area contributed by atoms with E-state index in [1.54, 1.807) is 25.1 Å². The Morgan fingerprint density at radius 3 is 2.59 bits per heavy atom. The van der Waals surface area contributed by atoms with Crippen molar-refractivity contribution in [1.82, 2.24) is 4.98 Å². The summed E-state index contributed by atoms with van der Waals surface area (Å²) in [4.78, 5) is 6.36. The van der Waals surface area contributed by atoms with Crippen molar-refractivity contribution in [1.29, 1.82) is 5.26 Å². The minimum atomic E-state index is -3.64. The Balaban J connectivity index is 1.98. The molecule has 3 rings (SSSR count). The van der Waals surface area contributed by atoms with Gasteiger partial charge in [0.05, 0.1) is 43.0 Å². The fourth-order valence-corrected chi connectivity index (χ4v) is 4.67. The van der Waals surface area contributed by atoms with Crippen LogP contribution in [0.5, 0.6) is 0 Å². The maximum absolute atomic E-state index is 13.2. The number of halogens is 1. The Kier molecular flexibility index (Phi) is 6.67. The standard InChI is InChI=1S/C20H23FN4O3S/c1-2-11-29(26,27)25(15-16-3-5-18(21)6-4-16)19-12-17(13-22)20(23-14-19)24-7-9-28-10-8-24/h3-6,12,14H,2,7-11,15H2,1H3. The van der Waals surface area contributed by atoms with Crippen LogP contribution < -0.4 is 9.21 Å². The lowest BCUT2D eigenvalue weighted by Gasteiger charge is -2.29. The van der Waals surface area contributed by atoms with Gasteiger partial charge in [0.15, 0.2) is 0 Å². The molecular weight excluding hydrogens is 395 g/mol. The highest BCUT2D eigenvalue weighted by molar-refractivity contribution is 7.92. The number of anilines is 2. The summed E-state index contributed by atoms with van der Waals surface area (Å²) in [7, 11) is -3.64. The van der Waals surface area contributed by atoms with Gasteiger partial charge in [-0.25, -0.2) is 17.8 Å². The molecule has 2 heterocycles. The van der Waals surface area contributed by atoms with Crippen molar-refractivity contribution >= 4 is 21.5 Å². The molecular formula is C20H23FN4O3S. The van der Waals surface area contributed by atoms with Crippen molar-refractivity contribution in [2.75, 3.05) is 41.3 Å². The van der Waals surface area contributed by atoms with Gasteiger partial charge in [-0.1, -0.05) is 19.1 Å². The summed E-state index contributed by atoms with van der Waals surface area (Å²) in [6, 6.07) is 9.35. The number of aromatic nitrogens is 1. The summed E-state index contributed by atoms with van der Waals surface area (Å²) in [5.74, 6) is 0.0931. The van der Waals surface area contributed by atoms with Crippen LogP contribution in [0.15, 0.2) is 36.5 Å². The van der Waals surface area contributed by atoms with Gasteiger partial charge in [-0.3, -0.25) is 4.31 Å². The number of pyridine rings is 1. The molecule has 1 aliphatic heterocycles. The summed E-state index contributed by atoms with van der Waals surface area (Å²) in [6.45, 7) is 4.16. The van der Waals surface area contributed by atoms with Crippen LogP contribution >= 0.6 is 0 Å². The van der Waals surface area contributed by atoms with Gasteiger partial charge < -0.3 is 9.64 Å². The fraction of sp³-hybridized carbons (Fsp3) is 0.400. The molecule has 9 heteroatoms. The van der Waals surface area contributed by atoms with E-state index in [1.165, 1.54) is 22.6 Å². The van der Waals surface area contributed by atoms with E-state index in [0.717, 1.165) is 0 Å². The van der Waals surface area contributed by atoms with Crippen LogP contribution in [0.3, 0.4) is 0 Å². The molecule has 0 radical (unpaired) electrons. The Bertz CT molecular complexity index is 984. The lowest BCUT2D eigenvalue weighted by atomic mass is 10.2. The second-order valence-corrected chi connectivity index (χ2v) is 8.74. The number of hydrogen-bond donors (Lipinski definition) is 0. The van der Waals surface area contributed by atoms with E-state index in [2.05, 4.69) is 11.1 Å². The van der Waals surface area contributed by atoms with Crippen LogP contribution in [-0.4, -0.2) is 45.5 Å². The van der Waals surface area contributed by atoms with E-state index in [-0.39, 0.29) is 18.1 Å². The van der Waals surface area contributed by atoms with Crippen LogP contribution in [0.2, 0.25) is 0 Å². The number of nitriles is 1. The molecule has 0 saturated carbocycles. The Morgan fingerprint density at radius 2 is 1.97 bits per heavy atom. The van der Waals surface area contributed by atoms with Gasteiger partial charge in [0, 0.05) is 13.1 Å². The minimum absolute atomic E-state index is 0.0338. The summed E-state index contributed by atoms with van der Waals surface area (Å²) in [5, 5.41) is 9.62. The van der Waals surface area contributed by atoms with Crippen molar-refractivity contribution in [2.45, 2.75) is 19.9 Å². The van der Waals surface area contributed by atoms with E-state index >= 15 is 0 Å². The molecule has 1 aromatic heterocycles. The summed E-state index contributed by atoms with van der Waals surface area (Å²) >= 11 is 0. The van der Waals surface area contributed by atoms with Gasteiger partial charge in [0.1, 0.15) is 17.7 Å². The highest BCUT2D eigenvalue weighted by Crippen LogP contribution is 2.27. The third-order valence-electron chi connectivity index (χ3n) is 4.61. The van der Waals surface area contributed by atoms with Gasteiger partial charge in [0.25, 0.3) is 0 Å². The van der Waals surface area contributed by atoms with Crippen LogP contribution in [0.1, 0.15) is 24.5 Å². The summed E-state index contributed by atoms with van der Waals surface area (Å²) in [5.41, 5.74) is 1.26. The second-order valence-electron chi connectivity index (χ2n) is 6.73. The lowest BCUT2D eigenvalue weighted by molar-refractivity contribution is 0.122. The number of ether oxygens (including phenoxy) is 1. The zero-order chi connectivity index (χ0) is 20.9. The monoisotopic (exact) mass is 418 g/mol. The quantitative estimate of drug-likeness (QED) is 0.687. The van der Waals surface area contributed by atoms with Gasteiger partial charge >= 0.3 is 0 Å². The third-order valence-corrected chi connectivity index (χ3v) is 6.54. The third kappa shape index (κ3) is 5.02. The first-order chi connectivity index (χ1) is 13.9. The average Bonchev–Trinajstić information content (AvgIpc) is 2.73. The molecule has 2 aromatic rings. The highest BCUT2D eigenvalue weighted by atomic mass is 32.2. The molecule has 0 N–H and O–H groups in total. The van der Waals surface area contributed by atoms with E-state index < -0.39 is 10.0 Å². The lowest BCUT2D eigenvalue weighted by Crippen LogP contribution is -2.37. The summed E-state index contributed by atoms with van der Waals surface area (Å²) < 4.78 is 45.6. The number of benzene rings is 1. The molecule has 0 spiro atoms. The first kappa shape index (κ1) is 21.0. The van der Waals surface area contributed by atoms with Crippen LogP contribution in [0, 0.1) is 17.1 Å². The van der Waals surface area contributed by atoms with E-state index in [0.29, 0.717) is 55.4 Å². The molecule has 1 saturated heterocycles. The Morgan fingerprint density at radius 1 is 1.28 bits per heavy atom. The molecule has 7 nitrogen and oxygen atoms in total. The Hall–Kier alpha value is -2.70. The van der Waals surface area contributed by atoms with E-state index in [1.807, 2.05) is 4.90 Å². The molecule has 0 atom stereocenters. The van der Waals surface area contributed by atoms with Crippen molar-refractivity contribution in [2.24, 2.45) is 0 Å². The molecule has 1 aromatic carbocycles. The van der Waals surface area contributed by atoms with Crippen molar-refractivity contribution in [3.05, 3.63) is 53.5 Å². The minimum Gasteiger partial charge on any atom is -0.378 e. The SMILES string of the molecule is CCCS(=O)(=O)N(Cc1ccc(F)cc1)c1cnc(N2CCOCC2)c(C#N)c1. The molecule has 0 unspecified atom stereocenters. The molecule has 0 aliphatic carbocycles. The molecule has 0 bridgehead atoms. The zero-order valence-corrected chi connectivity index (χ0v) is 17.0. The van der Waals surface area contributed by atoms with Crippen molar-refractivity contribution in [3.8, 4) is 6.07 Å². The van der Waals surface area contributed by atoms with Crippen LogP contribution in [0.25, 0.3) is 0 Å². The normalized spacial score (nSPS) is 14.4. The zero-order valence-electron chi connectivity index (χ0n) is 16.2. The van der Waals surface area contributed by atoms with Gasteiger partial charge in [0.2, 0.25) is 10.0 Å². The molecule has 29 heavy (non-hydrogen) atoms. The molecule has 154 valence electrons. The highest BCUT2D eigenvalue weighted by Gasteiger charge is 2.25. The Labute approximate surface area is 170 Å². The number of rotatable bonds is 7. The topological polar surface area (TPSA) is 86.5 Å². The number of sulfonamides is 1. The largest absolute Gasteiger partial charge is 0.378 e. The van der Waals surface area contributed by atoms with Gasteiger partial charge in [-0.05, 0) is 30.2 Å². The number of nitrogens with zero attached hydrogens (tertiary/aromatic N) is 4. The van der Waals surface area contributed by atoms with Gasteiger partial charge in [-0.2, -0.15) is 5.26 Å². The average molecular weight is 418 g/mol. The smallest absolute Gasteiger partial charge is 0.235 e. The maximum Gasteiger partial charge on any atom is 0.235 e. The number of hydrogen-bond acceptors (Lipinski definition) is 6. The van der Waals surface area contributed by atoms with Crippen LogP contribution in [-0.2, 0) is 21.3 Å². The van der Waals surface area contributed by atoms with E-state index in [4.69, 9.17) is 4.74 Å². The fourth-order valence-electron chi connectivity index (χ4n) is 3.17.